The summed E-state index contributed by atoms with van der Waals surface area (Å²) in [5.74, 6) is -0.380. The molecule has 1 unspecified atom stereocenters. The molecule has 2 nitrogen and oxygen atoms in total. The second-order valence-corrected chi connectivity index (χ2v) is 7.64. The van der Waals surface area contributed by atoms with Crippen molar-refractivity contribution in [1.82, 2.24) is 0 Å². The SMILES string of the molecule is CCCCOC(=O)C(Cc1ccccc1)c1ccc(C(C)(C)C)cc1. The lowest BCUT2D eigenvalue weighted by Gasteiger charge is -2.21. The van der Waals surface area contributed by atoms with Gasteiger partial charge in [-0.3, -0.25) is 4.79 Å². The van der Waals surface area contributed by atoms with Crippen LogP contribution in [0.5, 0.6) is 0 Å². The van der Waals surface area contributed by atoms with E-state index in [9.17, 15) is 4.79 Å². The number of benzene rings is 2. The summed E-state index contributed by atoms with van der Waals surface area (Å²) in [6.07, 6.45) is 2.60. The van der Waals surface area contributed by atoms with Crippen molar-refractivity contribution in [2.75, 3.05) is 6.61 Å². The Bertz CT molecular complexity index is 651. The van der Waals surface area contributed by atoms with Gasteiger partial charge in [-0.25, -0.2) is 0 Å². The molecule has 0 aliphatic carbocycles. The first kappa shape index (κ1) is 19.2. The Labute approximate surface area is 152 Å². The van der Waals surface area contributed by atoms with Gasteiger partial charge in [0.15, 0.2) is 0 Å². The summed E-state index contributed by atoms with van der Waals surface area (Å²) < 4.78 is 5.53. The molecule has 0 heterocycles. The Morgan fingerprint density at radius 3 is 2.20 bits per heavy atom. The van der Waals surface area contributed by atoms with Crippen molar-refractivity contribution in [2.24, 2.45) is 0 Å². The van der Waals surface area contributed by atoms with Gasteiger partial charge in [-0.15, -0.1) is 0 Å². The molecule has 2 aromatic carbocycles. The summed E-state index contributed by atoms with van der Waals surface area (Å²) in [4.78, 5) is 12.7. The van der Waals surface area contributed by atoms with E-state index >= 15 is 0 Å². The maximum absolute atomic E-state index is 12.7. The van der Waals surface area contributed by atoms with Crippen LogP contribution >= 0.6 is 0 Å². The fourth-order valence-electron chi connectivity index (χ4n) is 2.82. The molecular formula is C23H30O2. The lowest BCUT2D eigenvalue weighted by molar-refractivity contribution is -0.145. The largest absolute Gasteiger partial charge is 0.465 e. The minimum atomic E-state index is -0.256. The third-order valence-corrected chi connectivity index (χ3v) is 4.49. The maximum atomic E-state index is 12.7. The van der Waals surface area contributed by atoms with Crippen molar-refractivity contribution in [1.29, 1.82) is 0 Å². The average Bonchev–Trinajstić information content (AvgIpc) is 2.60. The summed E-state index contributed by atoms with van der Waals surface area (Å²) >= 11 is 0. The van der Waals surface area contributed by atoms with Crippen LogP contribution in [0.3, 0.4) is 0 Å². The number of carbonyl (C=O) groups is 1. The van der Waals surface area contributed by atoms with Gasteiger partial charge in [-0.1, -0.05) is 88.7 Å². The minimum absolute atomic E-state index is 0.106. The number of carbonyl (C=O) groups excluding carboxylic acids is 1. The second kappa shape index (κ2) is 8.84. The number of hydrogen-bond acceptors (Lipinski definition) is 2. The molecule has 0 aromatic heterocycles. The summed E-state index contributed by atoms with van der Waals surface area (Å²) in [7, 11) is 0. The first-order valence-electron chi connectivity index (χ1n) is 9.23. The van der Waals surface area contributed by atoms with Gasteiger partial charge in [0.1, 0.15) is 0 Å². The van der Waals surface area contributed by atoms with Gasteiger partial charge in [-0.05, 0) is 34.9 Å². The van der Waals surface area contributed by atoms with Gasteiger partial charge < -0.3 is 4.74 Å². The van der Waals surface area contributed by atoms with Crippen LogP contribution in [0, 0.1) is 0 Å². The van der Waals surface area contributed by atoms with Crippen LogP contribution in [0.2, 0.25) is 0 Å². The molecule has 0 aliphatic heterocycles. The third kappa shape index (κ3) is 5.74. The Hall–Kier alpha value is -2.09. The Morgan fingerprint density at radius 2 is 1.64 bits per heavy atom. The fraction of sp³-hybridized carbons (Fsp3) is 0.435. The number of ether oxygens (including phenoxy) is 1. The van der Waals surface area contributed by atoms with Gasteiger partial charge in [0.2, 0.25) is 0 Å². The van der Waals surface area contributed by atoms with E-state index < -0.39 is 0 Å². The molecule has 0 fully saturated rings. The van der Waals surface area contributed by atoms with Crippen LogP contribution in [0.25, 0.3) is 0 Å². The molecule has 2 heteroatoms. The number of hydrogen-bond donors (Lipinski definition) is 0. The van der Waals surface area contributed by atoms with Crippen LogP contribution in [0.4, 0.5) is 0 Å². The number of unbranched alkanes of at least 4 members (excludes halogenated alkanes) is 1. The highest BCUT2D eigenvalue weighted by atomic mass is 16.5. The molecule has 0 saturated heterocycles. The predicted octanol–water partition coefficient (Wildman–Crippen LogP) is 5.65. The Balaban J connectivity index is 2.22. The Morgan fingerprint density at radius 1 is 1.00 bits per heavy atom. The quantitative estimate of drug-likeness (QED) is 0.481. The molecule has 0 amide bonds. The molecule has 0 radical (unpaired) electrons. The molecule has 0 bridgehead atoms. The zero-order valence-corrected chi connectivity index (χ0v) is 15.9. The lowest BCUT2D eigenvalue weighted by Crippen LogP contribution is -2.19. The lowest BCUT2D eigenvalue weighted by atomic mass is 9.84. The van der Waals surface area contributed by atoms with Gasteiger partial charge >= 0.3 is 5.97 Å². The van der Waals surface area contributed by atoms with Gasteiger partial charge in [-0.2, -0.15) is 0 Å². The fourth-order valence-corrected chi connectivity index (χ4v) is 2.82. The van der Waals surface area contributed by atoms with Gasteiger partial charge in [0, 0.05) is 0 Å². The van der Waals surface area contributed by atoms with E-state index in [1.165, 1.54) is 5.56 Å². The second-order valence-electron chi connectivity index (χ2n) is 7.64. The maximum Gasteiger partial charge on any atom is 0.313 e. The van der Waals surface area contributed by atoms with Crippen molar-refractivity contribution < 1.29 is 9.53 Å². The standard InChI is InChI=1S/C23H30O2/c1-5-6-16-25-22(24)21(17-18-10-8-7-9-11-18)19-12-14-20(15-13-19)23(2,3)4/h7-15,21H,5-6,16-17H2,1-4H3. The van der Waals surface area contributed by atoms with E-state index in [0.29, 0.717) is 13.0 Å². The van der Waals surface area contributed by atoms with E-state index in [4.69, 9.17) is 4.74 Å². The molecule has 0 aliphatic rings. The van der Waals surface area contributed by atoms with Gasteiger partial charge in [0.25, 0.3) is 0 Å². The first-order valence-corrected chi connectivity index (χ1v) is 9.23. The number of rotatable bonds is 7. The monoisotopic (exact) mass is 338 g/mol. The molecule has 2 aromatic rings. The number of esters is 1. The van der Waals surface area contributed by atoms with E-state index in [-0.39, 0.29) is 17.3 Å². The topological polar surface area (TPSA) is 26.3 Å². The van der Waals surface area contributed by atoms with Crippen molar-refractivity contribution in [3.63, 3.8) is 0 Å². The Kier molecular flexibility index (Phi) is 6.81. The highest BCUT2D eigenvalue weighted by molar-refractivity contribution is 5.78. The van der Waals surface area contributed by atoms with Gasteiger partial charge in [0.05, 0.1) is 12.5 Å². The summed E-state index contributed by atoms with van der Waals surface area (Å²) in [6, 6.07) is 18.6. The van der Waals surface area contributed by atoms with Crippen molar-refractivity contribution in [3.8, 4) is 0 Å². The molecule has 25 heavy (non-hydrogen) atoms. The highest BCUT2D eigenvalue weighted by Crippen LogP contribution is 2.27. The zero-order valence-electron chi connectivity index (χ0n) is 15.9. The average molecular weight is 338 g/mol. The van der Waals surface area contributed by atoms with Crippen molar-refractivity contribution in [2.45, 2.75) is 58.3 Å². The smallest absolute Gasteiger partial charge is 0.313 e. The van der Waals surface area contributed by atoms with Crippen molar-refractivity contribution >= 4 is 5.97 Å². The van der Waals surface area contributed by atoms with Crippen LogP contribution in [0.15, 0.2) is 54.6 Å². The molecule has 134 valence electrons. The highest BCUT2D eigenvalue weighted by Gasteiger charge is 2.23. The molecule has 0 saturated carbocycles. The zero-order chi connectivity index (χ0) is 18.3. The van der Waals surface area contributed by atoms with Crippen LogP contribution < -0.4 is 0 Å². The van der Waals surface area contributed by atoms with Crippen molar-refractivity contribution in [3.05, 3.63) is 71.3 Å². The normalized spacial score (nSPS) is 12.6. The molecule has 0 N–H and O–H groups in total. The summed E-state index contributed by atoms with van der Waals surface area (Å²) in [5.41, 5.74) is 3.56. The van der Waals surface area contributed by atoms with E-state index in [0.717, 1.165) is 24.0 Å². The van der Waals surface area contributed by atoms with Crippen LogP contribution in [-0.4, -0.2) is 12.6 Å². The molecular weight excluding hydrogens is 308 g/mol. The molecule has 1 atom stereocenters. The third-order valence-electron chi connectivity index (χ3n) is 4.49. The summed E-state index contributed by atoms with van der Waals surface area (Å²) in [5, 5.41) is 0. The van der Waals surface area contributed by atoms with E-state index in [1.807, 2.05) is 18.2 Å². The molecule has 2 rings (SSSR count). The van der Waals surface area contributed by atoms with Crippen LogP contribution in [-0.2, 0) is 21.4 Å². The summed E-state index contributed by atoms with van der Waals surface area (Å²) in [6.45, 7) is 9.19. The van der Waals surface area contributed by atoms with Crippen LogP contribution in [0.1, 0.15) is 63.1 Å². The minimum Gasteiger partial charge on any atom is -0.465 e. The van der Waals surface area contributed by atoms with E-state index in [1.54, 1.807) is 0 Å². The predicted molar refractivity (Wildman–Crippen MR) is 104 cm³/mol. The first-order chi connectivity index (χ1) is 11.9. The van der Waals surface area contributed by atoms with E-state index in [2.05, 4.69) is 64.1 Å². The molecule has 0 spiro atoms.